The van der Waals surface area contributed by atoms with Gasteiger partial charge in [-0.05, 0) is 37.1 Å². The van der Waals surface area contributed by atoms with Gasteiger partial charge in [0.25, 0.3) is 0 Å². The summed E-state index contributed by atoms with van der Waals surface area (Å²) in [6.07, 6.45) is 7.09. The quantitative estimate of drug-likeness (QED) is 0.375. The topological polar surface area (TPSA) is 34.1 Å². The summed E-state index contributed by atoms with van der Waals surface area (Å²) in [6.45, 7) is 15.4. The van der Waals surface area contributed by atoms with Crippen molar-refractivity contribution in [1.29, 1.82) is 0 Å². The Bertz CT molecular complexity index is 441. The molecule has 1 aliphatic carbocycles. The zero-order valence-corrected chi connectivity index (χ0v) is 19.5. The van der Waals surface area contributed by atoms with Gasteiger partial charge in [-0.15, -0.1) is 24.0 Å². The third-order valence-electron chi connectivity index (χ3n) is 6.70. The van der Waals surface area contributed by atoms with Gasteiger partial charge in [-0.1, -0.05) is 26.7 Å². The molecule has 0 aromatic heterocycles. The van der Waals surface area contributed by atoms with Gasteiger partial charge < -0.3 is 20.0 Å². The minimum atomic E-state index is 0. The molecule has 6 heteroatoms. The molecule has 3 aliphatic rings. The zero-order valence-electron chi connectivity index (χ0n) is 17.2. The molecule has 0 aromatic rings. The summed E-state index contributed by atoms with van der Waals surface area (Å²) in [6, 6.07) is 0. The van der Waals surface area contributed by atoms with Crippen LogP contribution in [-0.2, 0) is 0 Å². The number of rotatable bonds is 5. The minimum absolute atomic E-state index is 0. The van der Waals surface area contributed by atoms with E-state index in [1.807, 2.05) is 7.05 Å². The Labute approximate surface area is 178 Å². The van der Waals surface area contributed by atoms with Gasteiger partial charge in [0.05, 0.1) is 0 Å². The number of hydrogen-bond donors (Lipinski definition) is 1. The largest absolute Gasteiger partial charge is 0.356 e. The van der Waals surface area contributed by atoms with E-state index in [-0.39, 0.29) is 24.0 Å². The average molecular weight is 477 g/mol. The first-order valence-corrected chi connectivity index (χ1v) is 10.5. The van der Waals surface area contributed by atoms with Crippen molar-refractivity contribution < 1.29 is 0 Å². The summed E-state index contributed by atoms with van der Waals surface area (Å²) in [5.41, 5.74) is 0.613. The van der Waals surface area contributed by atoms with Crippen molar-refractivity contribution in [1.82, 2.24) is 20.0 Å². The third-order valence-corrected chi connectivity index (χ3v) is 6.70. The van der Waals surface area contributed by atoms with Crippen LogP contribution in [0, 0.1) is 11.3 Å². The number of hydrogen-bond acceptors (Lipinski definition) is 3. The lowest BCUT2D eigenvalue weighted by molar-refractivity contribution is 0.124. The molecule has 0 radical (unpaired) electrons. The van der Waals surface area contributed by atoms with E-state index in [0.717, 1.165) is 12.5 Å². The van der Waals surface area contributed by atoms with E-state index in [2.05, 4.69) is 38.9 Å². The van der Waals surface area contributed by atoms with E-state index in [0.29, 0.717) is 11.3 Å². The maximum absolute atomic E-state index is 4.58. The molecule has 5 nitrogen and oxygen atoms in total. The lowest BCUT2D eigenvalue weighted by Gasteiger charge is -2.35. The van der Waals surface area contributed by atoms with Crippen molar-refractivity contribution in [2.75, 3.05) is 66.0 Å². The first kappa shape index (κ1) is 22.2. The lowest BCUT2D eigenvalue weighted by atomic mass is 9.86. The van der Waals surface area contributed by atoms with Crippen LogP contribution in [0.2, 0.25) is 0 Å². The van der Waals surface area contributed by atoms with Crippen molar-refractivity contribution in [3.63, 3.8) is 0 Å². The second kappa shape index (κ2) is 10.5. The molecule has 2 heterocycles. The molecular weight excluding hydrogens is 437 g/mol. The molecule has 3 fully saturated rings. The summed E-state index contributed by atoms with van der Waals surface area (Å²) in [4.78, 5) is 12.3. The summed E-state index contributed by atoms with van der Waals surface area (Å²) in [5.74, 6) is 1.79. The highest BCUT2D eigenvalue weighted by Crippen LogP contribution is 2.45. The summed E-state index contributed by atoms with van der Waals surface area (Å²) < 4.78 is 0. The molecule has 0 bridgehead atoms. The van der Waals surface area contributed by atoms with Gasteiger partial charge in [0.2, 0.25) is 0 Å². The predicted molar refractivity (Wildman–Crippen MR) is 122 cm³/mol. The molecule has 1 spiro atoms. The van der Waals surface area contributed by atoms with Crippen molar-refractivity contribution in [2.45, 2.75) is 46.0 Å². The molecule has 0 amide bonds. The Morgan fingerprint density at radius 2 is 1.69 bits per heavy atom. The molecule has 1 saturated carbocycles. The standard InChI is InChI=1S/C20H39N5.HI/c1-4-23-11-13-24(14-12-23)16-18(2)15-22-19(21-3)25-10-9-20(17-25)7-5-6-8-20;/h18H,4-17H2,1-3H3,(H,21,22);1H. The number of guanidine groups is 1. The monoisotopic (exact) mass is 477 g/mol. The fourth-order valence-corrected chi connectivity index (χ4v) is 5.04. The number of likely N-dealkylation sites (tertiary alicyclic amines) is 1. The third kappa shape index (κ3) is 5.71. The number of piperazine rings is 1. The number of nitrogens with zero attached hydrogens (tertiary/aromatic N) is 4. The van der Waals surface area contributed by atoms with Crippen LogP contribution in [-0.4, -0.2) is 86.6 Å². The first-order valence-electron chi connectivity index (χ1n) is 10.5. The van der Waals surface area contributed by atoms with Crippen LogP contribution in [0.1, 0.15) is 46.0 Å². The normalized spacial score (nSPS) is 25.5. The van der Waals surface area contributed by atoms with Crippen LogP contribution in [0.15, 0.2) is 4.99 Å². The van der Waals surface area contributed by atoms with Crippen molar-refractivity contribution in [3.8, 4) is 0 Å². The van der Waals surface area contributed by atoms with Gasteiger partial charge in [0.1, 0.15) is 0 Å². The number of halogens is 1. The van der Waals surface area contributed by atoms with Gasteiger partial charge in [-0.25, -0.2) is 0 Å². The van der Waals surface area contributed by atoms with Crippen LogP contribution in [0.4, 0.5) is 0 Å². The van der Waals surface area contributed by atoms with Gasteiger partial charge in [-0.3, -0.25) is 4.99 Å². The molecule has 0 aromatic carbocycles. The Balaban J connectivity index is 0.00000243. The summed E-state index contributed by atoms with van der Waals surface area (Å²) in [7, 11) is 1.94. The van der Waals surface area contributed by atoms with Crippen LogP contribution in [0.25, 0.3) is 0 Å². The number of likely N-dealkylation sites (N-methyl/N-ethyl adjacent to an activating group) is 1. The molecule has 1 atom stereocenters. The van der Waals surface area contributed by atoms with E-state index in [1.165, 1.54) is 84.5 Å². The number of nitrogens with one attached hydrogen (secondary N) is 1. The van der Waals surface area contributed by atoms with Crippen LogP contribution in [0.3, 0.4) is 0 Å². The minimum Gasteiger partial charge on any atom is -0.356 e. The molecule has 3 rings (SSSR count). The van der Waals surface area contributed by atoms with E-state index in [1.54, 1.807) is 0 Å². The average Bonchev–Trinajstić information content (AvgIpc) is 3.26. The van der Waals surface area contributed by atoms with E-state index >= 15 is 0 Å². The number of aliphatic imine (C=N–C) groups is 1. The highest BCUT2D eigenvalue weighted by molar-refractivity contribution is 14.0. The highest BCUT2D eigenvalue weighted by Gasteiger charge is 2.41. The fraction of sp³-hybridized carbons (Fsp3) is 0.950. The molecule has 26 heavy (non-hydrogen) atoms. The highest BCUT2D eigenvalue weighted by atomic mass is 127. The van der Waals surface area contributed by atoms with Crippen LogP contribution in [0.5, 0.6) is 0 Å². The molecule has 2 saturated heterocycles. The molecule has 2 aliphatic heterocycles. The maximum Gasteiger partial charge on any atom is 0.193 e. The zero-order chi connectivity index (χ0) is 17.7. The Morgan fingerprint density at radius 1 is 1.04 bits per heavy atom. The second-order valence-electron chi connectivity index (χ2n) is 8.65. The first-order chi connectivity index (χ1) is 12.1. The van der Waals surface area contributed by atoms with Crippen LogP contribution < -0.4 is 5.32 Å². The maximum atomic E-state index is 4.58. The van der Waals surface area contributed by atoms with Gasteiger partial charge in [0, 0.05) is 59.4 Å². The smallest absolute Gasteiger partial charge is 0.193 e. The van der Waals surface area contributed by atoms with Gasteiger partial charge in [-0.2, -0.15) is 0 Å². The second-order valence-corrected chi connectivity index (χ2v) is 8.65. The van der Waals surface area contributed by atoms with Crippen molar-refractivity contribution >= 4 is 29.9 Å². The van der Waals surface area contributed by atoms with Crippen molar-refractivity contribution in [2.24, 2.45) is 16.3 Å². The van der Waals surface area contributed by atoms with Crippen molar-refractivity contribution in [3.05, 3.63) is 0 Å². The molecular formula is C20H40IN5. The Kier molecular flexibility index (Phi) is 8.94. The van der Waals surface area contributed by atoms with Crippen LogP contribution >= 0.6 is 24.0 Å². The summed E-state index contributed by atoms with van der Waals surface area (Å²) >= 11 is 0. The Morgan fingerprint density at radius 3 is 2.31 bits per heavy atom. The molecule has 152 valence electrons. The van der Waals surface area contributed by atoms with Gasteiger partial charge in [0.15, 0.2) is 5.96 Å². The SMILES string of the molecule is CCN1CCN(CC(C)CNC(=NC)N2CCC3(CCCC3)C2)CC1.I. The summed E-state index contributed by atoms with van der Waals surface area (Å²) in [5, 5.41) is 3.67. The van der Waals surface area contributed by atoms with E-state index in [4.69, 9.17) is 0 Å². The van der Waals surface area contributed by atoms with Gasteiger partial charge >= 0.3 is 0 Å². The molecule has 1 N–H and O–H groups in total. The molecule has 1 unspecified atom stereocenters. The lowest BCUT2D eigenvalue weighted by Crippen LogP contribution is -2.49. The Hall–Kier alpha value is -0.0800. The fourth-order valence-electron chi connectivity index (χ4n) is 5.04. The van der Waals surface area contributed by atoms with E-state index in [9.17, 15) is 0 Å². The van der Waals surface area contributed by atoms with E-state index < -0.39 is 0 Å². The predicted octanol–water partition coefficient (Wildman–Crippen LogP) is 2.72.